The molecule has 0 atom stereocenters. The molecule has 104 valence electrons. The van der Waals surface area contributed by atoms with Gasteiger partial charge in [0.15, 0.2) is 5.76 Å². The molecule has 1 aromatic heterocycles. The minimum absolute atomic E-state index is 0.0590. The number of carboxylic acids is 1. The summed E-state index contributed by atoms with van der Waals surface area (Å²) in [5.41, 5.74) is 0.562. The molecular weight excluding hydrogens is 262 g/mol. The Bertz CT molecular complexity index is 615. The molecule has 0 bridgehead atoms. The molecule has 2 aromatic rings. The van der Waals surface area contributed by atoms with E-state index in [1.165, 1.54) is 12.1 Å². The summed E-state index contributed by atoms with van der Waals surface area (Å²) in [5.74, 6) is -1.36. The Labute approximate surface area is 115 Å². The van der Waals surface area contributed by atoms with Crippen LogP contribution in [0.2, 0.25) is 0 Å². The minimum Gasteiger partial charge on any atom is -0.494 e. The minimum atomic E-state index is -1.22. The summed E-state index contributed by atoms with van der Waals surface area (Å²) in [6.07, 6.45) is 0. The fourth-order valence-corrected chi connectivity index (χ4v) is 1.57. The number of carboxylic acid groups (broad SMARTS) is 1. The zero-order valence-electron chi connectivity index (χ0n) is 10.8. The van der Waals surface area contributed by atoms with Gasteiger partial charge >= 0.3 is 5.97 Å². The van der Waals surface area contributed by atoms with Crippen molar-refractivity contribution in [3.8, 4) is 5.75 Å². The lowest BCUT2D eigenvalue weighted by Crippen LogP contribution is -2.10. The van der Waals surface area contributed by atoms with Gasteiger partial charge in [0, 0.05) is 5.69 Å². The second kappa shape index (κ2) is 5.92. The highest BCUT2D eigenvalue weighted by atomic mass is 16.5. The van der Waals surface area contributed by atoms with E-state index in [-0.39, 0.29) is 11.5 Å². The van der Waals surface area contributed by atoms with Crippen molar-refractivity contribution in [1.29, 1.82) is 0 Å². The molecule has 0 aliphatic heterocycles. The van der Waals surface area contributed by atoms with Gasteiger partial charge in [-0.15, -0.1) is 0 Å². The van der Waals surface area contributed by atoms with E-state index in [4.69, 9.17) is 14.3 Å². The quantitative estimate of drug-likeness (QED) is 0.875. The number of amides is 1. The lowest BCUT2D eigenvalue weighted by molar-refractivity contribution is 0.0660. The Kier molecular flexibility index (Phi) is 4.05. The molecule has 1 amide bonds. The van der Waals surface area contributed by atoms with Crippen molar-refractivity contribution >= 4 is 17.6 Å². The van der Waals surface area contributed by atoms with Crippen LogP contribution in [0.3, 0.4) is 0 Å². The molecule has 0 unspecified atom stereocenters. The van der Waals surface area contributed by atoms with E-state index < -0.39 is 11.9 Å². The number of anilines is 1. The van der Waals surface area contributed by atoms with Crippen molar-refractivity contribution in [2.75, 3.05) is 11.9 Å². The van der Waals surface area contributed by atoms with E-state index in [1.807, 2.05) is 6.92 Å². The van der Waals surface area contributed by atoms with E-state index in [1.54, 1.807) is 24.3 Å². The summed E-state index contributed by atoms with van der Waals surface area (Å²) in [6.45, 7) is 2.45. The van der Waals surface area contributed by atoms with Gasteiger partial charge in [-0.3, -0.25) is 4.79 Å². The highest BCUT2D eigenvalue weighted by molar-refractivity contribution is 6.02. The standard InChI is InChI=1S/C14H13NO5/c1-2-19-10-5-3-9(4-6-10)15-13(16)11-7-8-12(20-11)14(17)18/h3-8H,2H2,1H3,(H,15,16)(H,17,18). The number of ether oxygens (including phenoxy) is 1. The van der Waals surface area contributed by atoms with Crippen LogP contribution < -0.4 is 10.1 Å². The summed E-state index contributed by atoms with van der Waals surface area (Å²) in [7, 11) is 0. The maximum Gasteiger partial charge on any atom is 0.371 e. The van der Waals surface area contributed by atoms with Crippen molar-refractivity contribution in [2.45, 2.75) is 6.92 Å². The summed E-state index contributed by atoms with van der Waals surface area (Å²) in [5, 5.41) is 11.3. The molecule has 20 heavy (non-hydrogen) atoms. The first kappa shape index (κ1) is 13.7. The predicted octanol–water partition coefficient (Wildman–Crippen LogP) is 2.63. The lowest BCUT2D eigenvalue weighted by atomic mass is 10.3. The number of furan rings is 1. The Morgan fingerprint density at radius 2 is 1.80 bits per heavy atom. The molecule has 0 aliphatic carbocycles. The zero-order chi connectivity index (χ0) is 14.5. The van der Waals surface area contributed by atoms with Crippen LogP contribution in [0.25, 0.3) is 0 Å². The van der Waals surface area contributed by atoms with E-state index in [2.05, 4.69) is 5.32 Å². The number of nitrogens with one attached hydrogen (secondary N) is 1. The van der Waals surface area contributed by atoms with Crippen LogP contribution >= 0.6 is 0 Å². The van der Waals surface area contributed by atoms with Gasteiger partial charge in [0.25, 0.3) is 5.91 Å². The van der Waals surface area contributed by atoms with Gasteiger partial charge in [0.05, 0.1) is 6.61 Å². The third-order valence-corrected chi connectivity index (χ3v) is 2.46. The molecule has 2 rings (SSSR count). The third-order valence-electron chi connectivity index (χ3n) is 2.46. The largest absolute Gasteiger partial charge is 0.494 e. The van der Waals surface area contributed by atoms with E-state index in [9.17, 15) is 9.59 Å². The molecule has 0 saturated heterocycles. The maximum atomic E-state index is 11.8. The lowest BCUT2D eigenvalue weighted by Gasteiger charge is -2.05. The van der Waals surface area contributed by atoms with Gasteiger partial charge < -0.3 is 19.6 Å². The highest BCUT2D eigenvalue weighted by Crippen LogP contribution is 2.17. The molecule has 1 aromatic carbocycles. The molecule has 6 nitrogen and oxygen atoms in total. The number of carbonyl (C=O) groups is 2. The number of carbonyl (C=O) groups excluding carboxylic acids is 1. The normalized spacial score (nSPS) is 10.1. The number of aromatic carboxylic acids is 1. The van der Waals surface area contributed by atoms with Crippen LogP contribution in [0.4, 0.5) is 5.69 Å². The Morgan fingerprint density at radius 3 is 2.35 bits per heavy atom. The van der Waals surface area contributed by atoms with Gasteiger partial charge in [0.2, 0.25) is 5.76 Å². The highest BCUT2D eigenvalue weighted by Gasteiger charge is 2.14. The van der Waals surface area contributed by atoms with Gasteiger partial charge in [-0.05, 0) is 43.3 Å². The van der Waals surface area contributed by atoms with Crippen molar-refractivity contribution in [3.05, 3.63) is 47.9 Å². The second-order valence-corrected chi connectivity index (χ2v) is 3.88. The Morgan fingerprint density at radius 1 is 1.15 bits per heavy atom. The number of hydrogen-bond acceptors (Lipinski definition) is 4. The van der Waals surface area contributed by atoms with E-state index >= 15 is 0 Å². The first-order valence-corrected chi connectivity index (χ1v) is 5.97. The molecular formula is C14H13NO5. The summed E-state index contributed by atoms with van der Waals surface area (Å²) in [4.78, 5) is 22.5. The van der Waals surface area contributed by atoms with Gasteiger partial charge in [-0.25, -0.2) is 4.79 Å². The maximum absolute atomic E-state index is 11.8. The van der Waals surface area contributed by atoms with E-state index in [0.717, 1.165) is 0 Å². The van der Waals surface area contributed by atoms with Crippen molar-refractivity contribution in [1.82, 2.24) is 0 Å². The van der Waals surface area contributed by atoms with Crippen molar-refractivity contribution < 1.29 is 23.8 Å². The van der Waals surface area contributed by atoms with Crippen LogP contribution in [0, 0.1) is 0 Å². The van der Waals surface area contributed by atoms with Crippen LogP contribution in [0.5, 0.6) is 5.75 Å². The fraction of sp³-hybridized carbons (Fsp3) is 0.143. The monoisotopic (exact) mass is 275 g/mol. The van der Waals surface area contributed by atoms with Gasteiger partial charge in [-0.2, -0.15) is 0 Å². The molecule has 0 fully saturated rings. The Hall–Kier alpha value is -2.76. The molecule has 1 heterocycles. The zero-order valence-corrected chi connectivity index (χ0v) is 10.8. The van der Waals surface area contributed by atoms with Crippen LogP contribution in [-0.4, -0.2) is 23.6 Å². The van der Waals surface area contributed by atoms with Crippen LogP contribution in [-0.2, 0) is 0 Å². The first-order chi connectivity index (χ1) is 9.60. The van der Waals surface area contributed by atoms with Crippen molar-refractivity contribution in [2.24, 2.45) is 0 Å². The van der Waals surface area contributed by atoms with Gasteiger partial charge in [0.1, 0.15) is 5.75 Å². The third kappa shape index (κ3) is 3.17. The number of benzene rings is 1. The molecule has 0 spiro atoms. The molecule has 0 saturated carbocycles. The number of hydrogen-bond donors (Lipinski definition) is 2. The average Bonchev–Trinajstić information content (AvgIpc) is 2.91. The average molecular weight is 275 g/mol. The molecule has 6 heteroatoms. The van der Waals surface area contributed by atoms with Crippen molar-refractivity contribution in [3.63, 3.8) is 0 Å². The molecule has 0 aliphatic rings. The summed E-state index contributed by atoms with van der Waals surface area (Å²) >= 11 is 0. The first-order valence-electron chi connectivity index (χ1n) is 5.97. The van der Waals surface area contributed by atoms with Crippen LogP contribution in [0.1, 0.15) is 28.0 Å². The van der Waals surface area contributed by atoms with E-state index in [0.29, 0.717) is 18.0 Å². The fourth-order valence-electron chi connectivity index (χ4n) is 1.57. The molecule has 2 N–H and O–H groups in total. The topological polar surface area (TPSA) is 88.8 Å². The number of rotatable bonds is 5. The predicted molar refractivity (Wildman–Crippen MR) is 71.2 cm³/mol. The SMILES string of the molecule is CCOc1ccc(NC(=O)c2ccc(C(=O)O)o2)cc1. The second-order valence-electron chi connectivity index (χ2n) is 3.88. The van der Waals surface area contributed by atoms with Gasteiger partial charge in [-0.1, -0.05) is 0 Å². The summed E-state index contributed by atoms with van der Waals surface area (Å²) in [6, 6.07) is 9.37. The summed E-state index contributed by atoms with van der Waals surface area (Å²) < 4.78 is 10.2. The molecule has 0 radical (unpaired) electrons. The Balaban J connectivity index is 2.04. The van der Waals surface area contributed by atoms with Crippen LogP contribution in [0.15, 0.2) is 40.8 Å². The smallest absolute Gasteiger partial charge is 0.371 e.